The Labute approximate surface area is 112 Å². The molecule has 1 aliphatic rings. The van der Waals surface area contributed by atoms with Gasteiger partial charge in [-0.25, -0.2) is 0 Å². The Morgan fingerprint density at radius 1 is 1.32 bits per heavy atom. The standard InChI is InChI=1S/C15H19NO3/c1-11(10-13(17)18)16-14(19)15(8-5-9-15)12-6-3-2-4-7-12/h2-4,6-7,11H,5,8-10H2,1H3,(H,16,19)(H,17,18). The van der Waals surface area contributed by atoms with E-state index in [1.165, 1.54) is 0 Å². The highest BCUT2D eigenvalue weighted by Gasteiger charge is 2.45. The summed E-state index contributed by atoms with van der Waals surface area (Å²) >= 11 is 0. The molecule has 1 fully saturated rings. The second-order valence-corrected chi connectivity index (χ2v) is 5.27. The molecule has 0 heterocycles. The second kappa shape index (κ2) is 5.43. The van der Waals surface area contributed by atoms with Crippen molar-refractivity contribution in [1.29, 1.82) is 0 Å². The maximum atomic E-state index is 12.4. The molecule has 0 aromatic heterocycles. The normalized spacial score (nSPS) is 18.2. The summed E-state index contributed by atoms with van der Waals surface area (Å²) in [6, 6.07) is 9.40. The summed E-state index contributed by atoms with van der Waals surface area (Å²) in [4.78, 5) is 23.1. The Balaban J connectivity index is 2.10. The van der Waals surface area contributed by atoms with Crippen molar-refractivity contribution in [2.45, 2.75) is 44.1 Å². The van der Waals surface area contributed by atoms with E-state index in [4.69, 9.17) is 5.11 Å². The number of hydrogen-bond donors (Lipinski definition) is 2. The molecule has 19 heavy (non-hydrogen) atoms. The van der Waals surface area contributed by atoms with Crippen molar-refractivity contribution in [2.75, 3.05) is 0 Å². The summed E-state index contributed by atoms with van der Waals surface area (Å²) in [7, 11) is 0. The van der Waals surface area contributed by atoms with E-state index in [0.717, 1.165) is 24.8 Å². The highest BCUT2D eigenvalue weighted by molar-refractivity contribution is 5.89. The molecular weight excluding hydrogens is 242 g/mol. The first-order valence-electron chi connectivity index (χ1n) is 6.63. The molecule has 0 spiro atoms. The summed E-state index contributed by atoms with van der Waals surface area (Å²) in [5, 5.41) is 11.6. The van der Waals surface area contributed by atoms with Gasteiger partial charge < -0.3 is 10.4 Å². The molecule has 0 radical (unpaired) electrons. The van der Waals surface area contributed by atoms with Crippen LogP contribution in [0.1, 0.15) is 38.2 Å². The van der Waals surface area contributed by atoms with E-state index in [9.17, 15) is 9.59 Å². The van der Waals surface area contributed by atoms with Gasteiger partial charge in [0.2, 0.25) is 5.91 Å². The summed E-state index contributed by atoms with van der Waals surface area (Å²) in [6.45, 7) is 1.73. The van der Waals surface area contributed by atoms with Crippen molar-refractivity contribution < 1.29 is 14.7 Å². The third kappa shape index (κ3) is 2.78. The Hall–Kier alpha value is -1.84. The number of benzene rings is 1. The minimum absolute atomic E-state index is 0.0429. The highest BCUT2D eigenvalue weighted by atomic mass is 16.4. The van der Waals surface area contributed by atoms with Gasteiger partial charge in [-0.2, -0.15) is 0 Å². The summed E-state index contributed by atoms with van der Waals surface area (Å²) in [6.07, 6.45) is 2.66. The van der Waals surface area contributed by atoms with Crippen molar-refractivity contribution in [3.05, 3.63) is 35.9 Å². The topological polar surface area (TPSA) is 66.4 Å². The number of amides is 1. The molecule has 0 bridgehead atoms. The van der Waals surface area contributed by atoms with E-state index in [0.29, 0.717) is 0 Å². The molecule has 1 saturated carbocycles. The lowest BCUT2D eigenvalue weighted by Gasteiger charge is -2.41. The maximum Gasteiger partial charge on any atom is 0.305 e. The molecule has 0 aliphatic heterocycles. The first-order chi connectivity index (χ1) is 9.04. The molecule has 2 N–H and O–H groups in total. The molecule has 1 unspecified atom stereocenters. The fraction of sp³-hybridized carbons (Fsp3) is 0.467. The van der Waals surface area contributed by atoms with Crippen LogP contribution in [0.25, 0.3) is 0 Å². The fourth-order valence-corrected chi connectivity index (χ4v) is 2.61. The zero-order chi connectivity index (χ0) is 13.9. The minimum atomic E-state index is -0.893. The van der Waals surface area contributed by atoms with Crippen LogP contribution >= 0.6 is 0 Å². The Morgan fingerprint density at radius 3 is 2.42 bits per heavy atom. The average Bonchev–Trinajstić information content (AvgIpc) is 2.27. The Bertz CT molecular complexity index is 466. The van der Waals surface area contributed by atoms with Crippen LogP contribution in [0.5, 0.6) is 0 Å². The van der Waals surface area contributed by atoms with Gasteiger partial charge in [-0.15, -0.1) is 0 Å². The number of carbonyl (C=O) groups is 2. The van der Waals surface area contributed by atoms with E-state index in [-0.39, 0.29) is 18.4 Å². The Kier molecular flexibility index (Phi) is 3.88. The third-order valence-corrected chi connectivity index (χ3v) is 3.83. The van der Waals surface area contributed by atoms with Crippen molar-refractivity contribution >= 4 is 11.9 Å². The molecular formula is C15H19NO3. The summed E-state index contributed by atoms with van der Waals surface area (Å²) < 4.78 is 0. The van der Waals surface area contributed by atoms with E-state index < -0.39 is 11.4 Å². The van der Waals surface area contributed by atoms with Crippen molar-refractivity contribution in [1.82, 2.24) is 5.32 Å². The molecule has 102 valence electrons. The average molecular weight is 261 g/mol. The number of carbonyl (C=O) groups excluding carboxylic acids is 1. The summed E-state index contributed by atoms with van der Waals surface area (Å²) in [5.41, 5.74) is 0.579. The number of carboxylic acid groups (broad SMARTS) is 1. The van der Waals surface area contributed by atoms with Crippen molar-refractivity contribution in [3.63, 3.8) is 0 Å². The predicted octanol–water partition coefficient (Wildman–Crippen LogP) is 2.09. The number of carboxylic acids is 1. The SMILES string of the molecule is CC(CC(=O)O)NC(=O)C1(c2ccccc2)CCC1. The van der Waals surface area contributed by atoms with E-state index in [2.05, 4.69) is 5.32 Å². The second-order valence-electron chi connectivity index (χ2n) is 5.27. The van der Waals surface area contributed by atoms with Crippen LogP contribution in [-0.4, -0.2) is 23.0 Å². The molecule has 1 atom stereocenters. The van der Waals surface area contributed by atoms with E-state index in [1.807, 2.05) is 30.3 Å². The predicted molar refractivity (Wildman–Crippen MR) is 71.8 cm³/mol. The minimum Gasteiger partial charge on any atom is -0.481 e. The van der Waals surface area contributed by atoms with E-state index in [1.54, 1.807) is 6.92 Å². The van der Waals surface area contributed by atoms with Gasteiger partial charge in [-0.1, -0.05) is 36.8 Å². The smallest absolute Gasteiger partial charge is 0.305 e. The molecule has 1 aromatic rings. The molecule has 4 nitrogen and oxygen atoms in total. The van der Waals surface area contributed by atoms with Gasteiger partial charge in [-0.3, -0.25) is 9.59 Å². The Morgan fingerprint density at radius 2 is 1.95 bits per heavy atom. The molecule has 1 amide bonds. The lowest BCUT2D eigenvalue weighted by Crippen LogP contribution is -2.51. The third-order valence-electron chi connectivity index (χ3n) is 3.83. The molecule has 0 saturated heterocycles. The van der Waals surface area contributed by atoms with Gasteiger partial charge in [0.1, 0.15) is 0 Å². The number of rotatable bonds is 5. The number of nitrogens with one attached hydrogen (secondary N) is 1. The number of hydrogen-bond acceptors (Lipinski definition) is 2. The molecule has 1 aliphatic carbocycles. The van der Waals surface area contributed by atoms with Crippen LogP contribution in [0.3, 0.4) is 0 Å². The van der Waals surface area contributed by atoms with Crippen LogP contribution in [0.15, 0.2) is 30.3 Å². The zero-order valence-electron chi connectivity index (χ0n) is 11.1. The fourth-order valence-electron chi connectivity index (χ4n) is 2.61. The van der Waals surface area contributed by atoms with Gasteiger partial charge >= 0.3 is 5.97 Å². The van der Waals surface area contributed by atoms with Gasteiger partial charge in [0.05, 0.1) is 11.8 Å². The van der Waals surface area contributed by atoms with Crippen LogP contribution in [0.4, 0.5) is 0 Å². The van der Waals surface area contributed by atoms with Crippen LogP contribution in [0.2, 0.25) is 0 Å². The molecule has 4 heteroatoms. The lowest BCUT2D eigenvalue weighted by molar-refractivity contribution is -0.138. The van der Waals surface area contributed by atoms with Crippen molar-refractivity contribution in [3.8, 4) is 0 Å². The van der Waals surface area contributed by atoms with Gasteiger partial charge in [0.25, 0.3) is 0 Å². The lowest BCUT2D eigenvalue weighted by atomic mass is 9.63. The van der Waals surface area contributed by atoms with Gasteiger partial charge in [-0.05, 0) is 25.3 Å². The van der Waals surface area contributed by atoms with Crippen LogP contribution < -0.4 is 5.32 Å². The van der Waals surface area contributed by atoms with Crippen LogP contribution in [0, 0.1) is 0 Å². The first kappa shape index (κ1) is 13.6. The maximum absolute atomic E-state index is 12.4. The van der Waals surface area contributed by atoms with Crippen LogP contribution in [-0.2, 0) is 15.0 Å². The van der Waals surface area contributed by atoms with Gasteiger partial charge in [0, 0.05) is 6.04 Å². The largest absolute Gasteiger partial charge is 0.481 e. The quantitative estimate of drug-likeness (QED) is 0.853. The van der Waals surface area contributed by atoms with Crippen molar-refractivity contribution in [2.24, 2.45) is 0 Å². The first-order valence-corrected chi connectivity index (χ1v) is 6.63. The van der Waals surface area contributed by atoms with E-state index >= 15 is 0 Å². The summed E-state index contributed by atoms with van der Waals surface area (Å²) in [5.74, 6) is -0.936. The molecule has 1 aromatic carbocycles. The number of aliphatic carboxylic acids is 1. The molecule has 2 rings (SSSR count). The monoisotopic (exact) mass is 261 g/mol. The van der Waals surface area contributed by atoms with Gasteiger partial charge in [0.15, 0.2) is 0 Å². The highest BCUT2D eigenvalue weighted by Crippen LogP contribution is 2.43. The zero-order valence-corrected chi connectivity index (χ0v) is 11.1.